The van der Waals surface area contributed by atoms with Gasteiger partial charge in [-0.25, -0.2) is 0 Å². The van der Waals surface area contributed by atoms with E-state index in [9.17, 15) is 4.79 Å². The lowest BCUT2D eigenvalue weighted by atomic mass is 9.90. The van der Waals surface area contributed by atoms with E-state index in [1.54, 1.807) is 6.33 Å². The highest BCUT2D eigenvalue weighted by Gasteiger charge is 2.17. The maximum absolute atomic E-state index is 12.7. The Morgan fingerprint density at radius 3 is 2.42 bits per heavy atom. The van der Waals surface area contributed by atoms with E-state index >= 15 is 0 Å². The first kappa shape index (κ1) is 18.7. The van der Waals surface area contributed by atoms with E-state index in [0.717, 1.165) is 16.3 Å². The molecular formula is C19H27N3OS. The molecule has 0 bridgehead atoms. The van der Waals surface area contributed by atoms with Crippen molar-refractivity contribution in [2.45, 2.75) is 64.6 Å². The second kappa shape index (κ2) is 7.97. The second-order valence-corrected chi connectivity index (χ2v) is 7.92. The Hall–Kier alpha value is -1.62. The van der Waals surface area contributed by atoms with Crippen molar-refractivity contribution in [3.63, 3.8) is 0 Å². The first-order valence-electron chi connectivity index (χ1n) is 8.50. The van der Waals surface area contributed by atoms with Crippen LogP contribution >= 0.6 is 11.8 Å². The number of aromatic nitrogens is 3. The first-order chi connectivity index (χ1) is 11.3. The van der Waals surface area contributed by atoms with Crippen molar-refractivity contribution in [1.82, 2.24) is 14.8 Å². The number of hydrogen-bond donors (Lipinski definition) is 0. The molecular weight excluding hydrogens is 318 g/mol. The van der Waals surface area contributed by atoms with Crippen LogP contribution in [0, 0.1) is 0 Å². The van der Waals surface area contributed by atoms with Gasteiger partial charge in [-0.15, -0.1) is 10.2 Å². The van der Waals surface area contributed by atoms with Crippen molar-refractivity contribution in [2.24, 2.45) is 0 Å². The average Bonchev–Trinajstić information content (AvgIpc) is 3.00. The molecule has 0 unspecified atom stereocenters. The lowest BCUT2D eigenvalue weighted by molar-refractivity contribution is 0.102. The fourth-order valence-corrected chi connectivity index (χ4v) is 3.50. The van der Waals surface area contributed by atoms with E-state index in [2.05, 4.69) is 63.9 Å². The predicted molar refractivity (Wildman–Crippen MR) is 100 cm³/mol. The van der Waals surface area contributed by atoms with Crippen LogP contribution < -0.4 is 0 Å². The van der Waals surface area contributed by atoms with Crippen LogP contribution in [-0.2, 0) is 0 Å². The molecule has 0 radical (unpaired) electrons. The van der Waals surface area contributed by atoms with Crippen LogP contribution in [0.5, 0.6) is 0 Å². The van der Waals surface area contributed by atoms with Gasteiger partial charge in [-0.1, -0.05) is 57.7 Å². The summed E-state index contributed by atoms with van der Waals surface area (Å²) < 4.78 is 1.99. The van der Waals surface area contributed by atoms with Crippen molar-refractivity contribution in [3.05, 3.63) is 41.2 Å². The maximum Gasteiger partial charge on any atom is 0.191 e. The zero-order valence-electron chi connectivity index (χ0n) is 15.4. The van der Waals surface area contributed by atoms with Gasteiger partial charge in [-0.05, 0) is 36.8 Å². The van der Waals surface area contributed by atoms with E-state index in [1.165, 1.54) is 17.3 Å². The zero-order chi connectivity index (χ0) is 17.9. The molecule has 0 aliphatic rings. The molecule has 0 fully saturated rings. The summed E-state index contributed by atoms with van der Waals surface area (Å²) >= 11 is 1.46. The molecule has 24 heavy (non-hydrogen) atoms. The van der Waals surface area contributed by atoms with Crippen LogP contribution in [-0.4, -0.2) is 26.3 Å². The standard InChI is InChI=1S/C19H27N3OS/c1-12(2)15-7-8-16(17(9-15)13(3)4)18(23)10-24-19-21-20-11-22(19)14(5)6/h7-9,11-14H,10H2,1-6H3. The van der Waals surface area contributed by atoms with Crippen LogP contribution in [0.1, 0.15) is 80.9 Å². The third-order valence-corrected chi connectivity index (χ3v) is 5.05. The van der Waals surface area contributed by atoms with Gasteiger partial charge in [0.15, 0.2) is 10.9 Å². The van der Waals surface area contributed by atoms with Crippen molar-refractivity contribution in [2.75, 3.05) is 5.75 Å². The normalized spacial score (nSPS) is 11.7. The molecule has 1 heterocycles. The number of nitrogens with zero attached hydrogens (tertiary/aromatic N) is 3. The highest BCUT2D eigenvalue weighted by atomic mass is 32.2. The van der Waals surface area contributed by atoms with Crippen molar-refractivity contribution >= 4 is 17.5 Å². The SMILES string of the molecule is CC(C)c1ccc(C(=O)CSc2nncn2C(C)C)c(C(C)C)c1. The van der Waals surface area contributed by atoms with Crippen LogP contribution in [0.15, 0.2) is 29.7 Å². The van der Waals surface area contributed by atoms with Crippen molar-refractivity contribution in [3.8, 4) is 0 Å². The van der Waals surface area contributed by atoms with E-state index in [-0.39, 0.29) is 11.8 Å². The van der Waals surface area contributed by atoms with Gasteiger partial charge in [0.25, 0.3) is 0 Å². The molecule has 0 aliphatic carbocycles. The fourth-order valence-electron chi connectivity index (χ4n) is 2.57. The van der Waals surface area contributed by atoms with Gasteiger partial charge in [0, 0.05) is 11.6 Å². The third kappa shape index (κ3) is 4.26. The van der Waals surface area contributed by atoms with Gasteiger partial charge in [0.1, 0.15) is 6.33 Å². The number of ketones is 1. The zero-order valence-corrected chi connectivity index (χ0v) is 16.2. The summed E-state index contributed by atoms with van der Waals surface area (Å²) in [5, 5.41) is 8.87. The van der Waals surface area contributed by atoms with Gasteiger partial charge in [0.2, 0.25) is 0 Å². The highest BCUT2D eigenvalue weighted by Crippen LogP contribution is 2.27. The Balaban J connectivity index is 2.19. The molecule has 0 saturated heterocycles. The molecule has 0 spiro atoms. The lowest BCUT2D eigenvalue weighted by Gasteiger charge is -2.16. The molecule has 0 aliphatic heterocycles. The van der Waals surface area contributed by atoms with Crippen LogP contribution in [0.4, 0.5) is 0 Å². The summed E-state index contributed by atoms with van der Waals surface area (Å²) in [6, 6.07) is 6.53. The van der Waals surface area contributed by atoms with Crippen LogP contribution in [0.2, 0.25) is 0 Å². The van der Waals surface area contributed by atoms with Crippen molar-refractivity contribution in [1.29, 1.82) is 0 Å². The number of hydrogen-bond acceptors (Lipinski definition) is 4. The molecule has 4 nitrogen and oxygen atoms in total. The summed E-state index contributed by atoms with van der Waals surface area (Å²) in [7, 11) is 0. The Morgan fingerprint density at radius 1 is 1.12 bits per heavy atom. The number of carbonyl (C=O) groups excluding carboxylic acids is 1. The number of thioether (sulfide) groups is 1. The molecule has 0 saturated carbocycles. The van der Waals surface area contributed by atoms with Gasteiger partial charge >= 0.3 is 0 Å². The Labute approximate surface area is 149 Å². The minimum atomic E-state index is 0.150. The third-order valence-electron chi connectivity index (χ3n) is 4.09. The van der Waals surface area contributed by atoms with Gasteiger partial charge in [0.05, 0.1) is 5.75 Å². The molecule has 2 rings (SSSR count). The lowest BCUT2D eigenvalue weighted by Crippen LogP contribution is -2.10. The van der Waals surface area contributed by atoms with Crippen LogP contribution in [0.3, 0.4) is 0 Å². The van der Waals surface area contributed by atoms with Gasteiger partial charge in [-0.3, -0.25) is 4.79 Å². The highest BCUT2D eigenvalue weighted by molar-refractivity contribution is 7.99. The quantitative estimate of drug-likeness (QED) is 0.518. The Kier molecular flexibility index (Phi) is 6.21. The minimum Gasteiger partial charge on any atom is -0.306 e. The predicted octanol–water partition coefficient (Wildman–Crippen LogP) is 5.08. The second-order valence-electron chi connectivity index (χ2n) is 6.98. The summed E-state index contributed by atoms with van der Waals surface area (Å²) in [6.45, 7) is 12.8. The molecule has 5 heteroatoms. The Bertz CT molecular complexity index is 704. The molecule has 0 N–H and O–H groups in total. The smallest absolute Gasteiger partial charge is 0.191 e. The minimum absolute atomic E-state index is 0.150. The van der Waals surface area contributed by atoms with E-state index in [1.807, 2.05) is 10.6 Å². The first-order valence-corrected chi connectivity index (χ1v) is 9.49. The average molecular weight is 346 g/mol. The molecule has 130 valence electrons. The molecule has 0 atom stereocenters. The summed E-state index contributed by atoms with van der Waals surface area (Å²) in [5.41, 5.74) is 3.25. The maximum atomic E-state index is 12.7. The molecule has 2 aromatic rings. The Morgan fingerprint density at radius 2 is 1.83 bits per heavy atom. The molecule has 1 aromatic heterocycles. The topological polar surface area (TPSA) is 47.8 Å². The summed E-state index contributed by atoms with van der Waals surface area (Å²) in [5.74, 6) is 1.32. The van der Waals surface area contributed by atoms with Crippen molar-refractivity contribution < 1.29 is 4.79 Å². The molecule has 0 amide bonds. The number of benzene rings is 1. The summed E-state index contributed by atoms with van der Waals surface area (Å²) in [6.07, 6.45) is 1.72. The van der Waals surface area contributed by atoms with Gasteiger partial charge in [-0.2, -0.15) is 0 Å². The van der Waals surface area contributed by atoms with E-state index < -0.39 is 0 Å². The number of carbonyl (C=O) groups is 1. The molecule has 1 aromatic carbocycles. The van der Waals surface area contributed by atoms with E-state index in [4.69, 9.17) is 0 Å². The number of rotatable bonds is 7. The summed E-state index contributed by atoms with van der Waals surface area (Å²) in [4.78, 5) is 12.7. The van der Waals surface area contributed by atoms with Gasteiger partial charge < -0.3 is 4.57 Å². The fraction of sp³-hybridized carbons (Fsp3) is 0.526. The van der Waals surface area contributed by atoms with E-state index in [0.29, 0.717) is 17.6 Å². The monoisotopic (exact) mass is 345 g/mol. The largest absolute Gasteiger partial charge is 0.306 e. The van der Waals surface area contributed by atoms with Crippen LogP contribution in [0.25, 0.3) is 0 Å². The number of Topliss-reactive ketones (excluding diaryl/α,β-unsaturated/α-hetero) is 1.